The molecule has 0 aromatic carbocycles. The van der Waals surface area contributed by atoms with Crippen LogP contribution in [0.3, 0.4) is 0 Å². The van der Waals surface area contributed by atoms with Gasteiger partial charge in [-0.25, -0.2) is 9.13 Å². The zero-order chi connectivity index (χ0) is 43.2. The summed E-state index contributed by atoms with van der Waals surface area (Å²) < 4.78 is 47.6. The fourth-order valence-electron chi connectivity index (χ4n) is 5.18. The van der Waals surface area contributed by atoms with Crippen molar-refractivity contribution in [1.29, 1.82) is 0 Å². The van der Waals surface area contributed by atoms with Crippen LogP contribution in [0.4, 0.5) is 0 Å². The Balaban J connectivity index is 4.73. The molecule has 0 aromatic rings. The number of unbranched alkanes of at least 4 members (excludes halogenated alkanes) is 13. The standard InChI is InChI=1S/C42H74O14P2/c1-3-5-7-9-11-13-14-15-16-18-20-24-29-33-42(46)56-40(37-55-58(50,51)54-35-39(44)34-53-57(47,48)49)36-52-41(45)32-28-25-21-23-27-31-38(43)30-26-22-19-17-12-10-8-6-4-2/h12-14,17,21-23,26-27,31,38-40,43-44H,3-11,15-16,18-20,24-25,28-30,32-37H2,1-2H3,(H,50,51)(H2,47,48,49)/b14-13-,17-12-,23-21+,26-22-,31-27-/t38?,39-,40+/m0/s1. The normalized spacial score (nSPS) is 15.2. The molecular weight excluding hydrogens is 790 g/mol. The van der Waals surface area contributed by atoms with Crippen molar-refractivity contribution in [1.82, 2.24) is 0 Å². The van der Waals surface area contributed by atoms with Gasteiger partial charge in [0.2, 0.25) is 0 Å². The molecule has 58 heavy (non-hydrogen) atoms. The molecule has 0 rings (SSSR count). The fourth-order valence-corrected chi connectivity index (χ4v) is 6.33. The minimum absolute atomic E-state index is 0.0565. The average Bonchev–Trinajstić information content (AvgIpc) is 3.17. The summed E-state index contributed by atoms with van der Waals surface area (Å²) in [7, 11) is -9.72. The minimum Gasteiger partial charge on any atom is -0.462 e. The average molecular weight is 865 g/mol. The van der Waals surface area contributed by atoms with Gasteiger partial charge in [-0.2, -0.15) is 0 Å². The van der Waals surface area contributed by atoms with Crippen LogP contribution in [0.2, 0.25) is 0 Å². The van der Waals surface area contributed by atoms with Crippen molar-refractivity contribution in [2.24, 2.45) is 0 Å². The van der Waals surface area contributed by atoms with E-state index in [0.717, 1.165) is 51.4 Å². The molecule has 0 spiro atoms. The summed E-state index contributed by atoms with van der Waals surface area (Å²) in [6.07, 6.45) is 35.3. The number of hydrogen-bond donors (Lipinski definition) is 5. The quantitative estimate of drug-likeness (QED) is 0.0128. The molecule has 4 atom stereocenters. The van der Waals surface area contributed by atoms with Crippen molar-refractivity contribution in [2.45, 2.75) is 167 Å². The highest BCUT2D eigenvalue weighted by molar-refractivity contribution is 7.47. The van der Waals surface area contributed by atoms with E-state index in [9.17, 15) is 33.8 Å². The van der Waals surface area contributed by atoms with E-state index in [4.69, 9.17) is 23.8 Å². The predicted molar refractivity (Wildman–Crippen MR) is 227 cm³/mol. The van der Waals surface area contributed by atoms with Gasteiger partial charge in [0, 0.05) is 12.8 Å². The number of phosphoric ester groups is 2. The summed E-state index contributed by atoms with van der Waals surface area (Å²) in [6, 6.07) is 0. The highest BCUT2D eigenvalue weighted by Crippen LogP contribution is 2.43. The van der Waals surface area contributed by atoms with E-state index in [0.29, 0.717) is 25.7 Å². The van der Waals surface area contributed by atoms with Gasteiger partial charge in [-0.1, -0.05) is 126 Å². The molecule has 16 heteroatoms. The first kappa shape index (κ1) is 55.8. The Kier molecular flexibility index (Phi) is 36.3. The third-order valence-electron chi connectivity index (χ3n) is 8.45. The molecule has 2 unspecified atom stereocenters. The van der Waals surface area contributed by atoms with E-state index in [1.165, 1.54) is 44.9 Å². The van der Waals surface area contributed by atoms with Crippen LogP contribution in [0.15, 0.2) is 60.8 Å². The Morgan fingerprint density at radius 1 is 0.569 bits per heavy atom. The number of ether oxygens (including phenoxy) is 2. The SMILES string of the molecule is CCCCC/C=C\C/C=C\CC(O)/C=C\C=C\CCCC(=O)OC[C@H](COP(=O)(O)OC[C@@H](O)COP(=O)(O)O)OC(=O)CCCCCCC/C=C\CCCCCC. The first-order valence-electron chi connectivity index (χ1n) is 21.1. The van der Waals surface area contributed by atoms with Gasteiger partial charge < -0.3 is 34.4 Å². The van der Waals surface area contributed by atoms with E-state index in [2.05, 4.69) is 47.2 Å². The third-order valence-corrected chi connectivity index (χ3v) is 9.89. The van der Waals surface area contributed by atoms with Crippen molar-refractivity contribution in [3.63, 3.8) is 0 Å². The molecule has 0 aliphatic carbocycles. The van der Waals surface area contributed by atoms with Gasteiger partial charge in [0.15, 0.2) is 6.10 Å². The Morgan fingerprint density at radius 2 is 1.10 bits per heavy atom. The Bertz CT molecular complexity index is 1280. The molecule has 0 aliphatic rings. The summed E-state index contributed by atoms with van der Waals surface area (Å²) in [5.74, 6) is -1.18. The van der Waals surface area contributed by atoms with Gasteiger partial charge in [0.25, 0.3) is 0 Å². The number of carbonyl (C=O) groups is 2. The molecule has 5 N–H and O–H groups in total. The summed E-state index contributed by atoms with van der Waals surface area (Å²) in [5.41, 5.74) is 0. The van der Waals surface area contributed by atoms with Crippen LogP contribution in [0.5, 0.6) is 0 Å². The summed E-state index contributed by atoms with van der Waals surface area (Å²) in [5, 5.41) is 19.8. The van der Waals surface area contributed by atoms with Gasteiger partial charge >= 0.3 is 27.6 Å². The lowest BCUT2D eigenvalue weighted by Crippen LogP contribution is -2.30. The van der Waals surface area contributed by atoms with Crippen LogP contribution in [0.25, 0.3) is 0 Å². The number of esters is 2. The molecule has 0 heterocycles. The maximum absolute atomic E-state index is 12.6. The second-order valence-electron chi connectivity index (χ2n) is 14.1. The van der Waals surface area contributed by atoms with Gasteiger partial charge in [-0.15, -0.1) is 0 Å². The Labute approximate surface area is 347 Å². The van der Waals surface area contributed by atoms with Crippen LogP contribution in [-0.2, 0) is 41.8 Å². The first-order chi connectivity index (χ1) is 27.8. The molecule has 0 radical (unpaired) electrons. The van der Waals surface area contributed by atoms with Crippen LogP contribution >= 0.6 is 15.6 Å². The predicted octanol–water partition coefficient (Wildman–Crippen LogP) is 9.42. The van der Waals surface area contributed by atoms with E-state index in [1.54, 1.807) is 18.2 Å². The van der Waals surface area contributed by atoms with Crippen molar-refractivity contribution < 1.29 is 66.7 Å². The first-order valence-corrected chi connectivity index (χ1v) is 24.1. The van der Waals surface area contributed by atoms with Gasteiger partial charge in [-0.3, -0.25) is 23.2 Å². The van der Waals surface area contributed by atoms with Crippen molar-refractivity contribution >= 4 is 27.6 Å². The zero-order valence-corrected chi connectivity index (χ0v) is 36.8. The maximum atomic E-state index is 12.6. The summed E-state index contributed by atoms with van der Waals surface area (Å²) in [6.45, 7) is 1.53. The molecule has 336 valence electrons. The zero-order valence-electron chi connectivity index (χ0n) is 35.0. The molecule has 14 nitrogen and oxygen atoms in total. The monoisotopic (exact) mass is 864 g/mol. The highest BCUT2D eigenvalue weighted by atomic mass is 31.2. The van der Waals surface area contributed by atoms with Crippen molar-refractivity contribution in [2.75, 3.05) is 26.4 Å². The summed E-state index contributed by atoms with van der Waals surface area (Å²) >= 11 is 0. The van der Waals surface area contributed by atoms with Crippen LogP contribution in [0.1, 0.15) is 149 Å². The molecule has 0 bridgehead atoms. The number of aliphatic hydroxyl groups excluding tert-OH is 2. The lowest BCUT2D eigenvalue weighted by molar-refractivity contribution is -0.161. The molecule has 0 aliphatic heterocycles. The van der Waals surface area contributed by atoms with Crippen LogP contribution in [-0.4, -0.2) is 81.6 Å². The number of aliphatic hydroxyl groups is 2. The smallest absolute Gasteiger partial charge is 0.462 e. The topological polar surface area (TPSA) is 216 Å². The molecule has 0 saturated heterocycles. The van der Waals surface area contributed by atoms with Crippen molar-refractivity contribution in [3.8, 4) is 0 Å². The number of hydrogen-bond acceptors (Lipinski definition) is 11. The lowest BCUT2D eigenvalue weighted by atomic mass is 10.1. The Morgan fingerprint density at radius 3 is 1.79 bits per heavy atom. The molecule has 0 aromatic heterocycles. The van der Waals surface area contributed by atoms with Crippen LogP contribution < -0.4 is 0 Å². The second-order valence-corrected chi connectivity index (χ2v) is 16.8. The minimum atomic E-state index is -4.88. The maximum Gasteiger partial charge on any atom is 0.472 e. The molecular formula is C42H74O14P2. The fraction of sp³-hybridized carbons (Fsp3) is 0.714. The van der Waals surface area contributed by atoms with E-state index >= 15 is 0 Å². The second kappa shape index (κ2) is 37.8. The van der Waals surface area contributed by atoms with E-state index in [-0.39, 0.29) is 12.8 Å². The molecule has 0 amide bonds. The number of phosphoric acid groups is 2. The number of rotatable bonds is 39. The number of carbonyl (C=O) groups excluding carboxylic acids is 2. The van der Waals surface area contributed by atoms with Crippen molar-refractivity contribution in [3.05, 3.63) is 60.8 Å². The van der Waals surface area contributed by atoms with E-state index < -0.39 is 72.3 Å². The van der Waals surface area contributed by atoms with Gasteiger partial charge in [-0.05, 0) is 70.6 Å². The number of allylic oxidation sites excluding steroid dienone is 8. The summed E-state index contributed by atoms with van der Waals surface area (Å²) in [4.78, 5) is 52.6. The van der Waals surface area contributed by atoms with E-state index in [1.807, 2.05) is 18.2 Å². The van der Waals surface area contributed by atoms with Gasteiger partial charge in [0.1, 0.15) is 12.7 Å². The molecule has 0 fully saturated rings. The largest absolute Gasteiger partial charge is 0.472 e. The van der Waals surface area contributed by atoms with Crippen LogP contribution in [0, 0.1) is 0 Å². The molecule has 0 saturated carbocycles. The Hall–Kier alpha value is -2.22. The highest BCUT2D eigenvalue weighted by Gasteiger charge is 2.28. The van der Waals surface area contributed by atoms with Gasteiger partial charge in [0.05, 0.1) is 25.9 Å². The third kappa shape index (κ3) is 40.6. The lowest BCUT2D eigenvalue weighted by Gasteiger charge is -2.20.